The van der Waals surface area contributed by atoms with Crippen molar-refractivity contribution in [3.8, 4) is 6.07 Å². The zero-order chi connectivity index (χ0) is 19.7. The van der Waals surface area contributed by atoms with Gasteiger partial charge in [-0.1, -0.05) is 26.0 Å². The van der Waals surface area contributed by atoms with Gasteiger partial charge >= 0.3 is 5.97 Å². The Morgan fingerprint density at radius 2 is 1.88 bits per heavy atom. The Balaban J connectivity index is 2.94. The number of carbonyl (C=O) groups excluding carboxylic acids is 3. The topological polar surface area (TPSA) is 108 Å². The molecule has 0 heterocycles. The average molecular weight is 359 g/mol. The van der Waals surface area contributed by atoms with E-state index in [4.69, 9.17) is 10.00 Å². The van der Waals surface area contributed by atoms with Gasteiger partial charge in [-0.15, -0.1) is 0 Å². The van der Waals surface area contributed by atoms with Crippen LogP contribution in [0, 0.1) is 17.2 Å². The van der Waals surface area contributed by atoms with E-state index in [1.807, 2.05) is 19.9 Å². The molecule has 0 aromatic heterocycles. The molecule has 2 amide bonds. The molecule has 0 fully saturated rings. The molecule has 0 aliphatic rings. The third kappa shape index (κ3) is 6.93. The highest BCUT2D eigenvalue weighted by Crippen LogP contribution is 2.10. The minimum Gasteiger partial charge on any atom is -0.467 e. The summed E-state index contributed by atoms with van der Waals surface area (Å²) in [6.07, 6.45) is 0.631. The number of nitrogens with one attached hydrogen (secondary N) is 2. The van der Waals surface area contributed by atoms with Gasteiger partial charge in [-0.05, 0) is 30.0 Å². The molecule has 7 heteroatoms. The predicted octanol–water partition coefficient (Wildman–Crippen LogP) is 1.31. The van der Waals surface area contributed by atoms with Crippen molar-refractivity contribution in [2.75, 3.05) is 7.11 Å². The highest BCUT2D eigenvalue weighted by molar-refractivity contribution is 5.90. The highest BCUT2D eigenvalue weighted by Gasteiger charge is 2.27. The Hall–Kier alpha value is -2.88. The van der Waals surface area contributed by atoms with E-state index in [-0.39, 0.29) is 18.2 Å². The molecule has 26 heavy (non-hydrogen) atoms. The van der Waals surface area contributed by atoms with Crippen LogP contribution in [0.1, 0.15) is 38.3 Å². The molecule has 0 saturated heterocycles. The number of amides is 2. The second-order valence-electron chi connectivity index (χ2n) is 6.48. The summed E-state index contributed by atoms with van der Waals surface area (Å²) in [4.78, 5) is 36.0. The fraction of sp³-hybridized carbons (Fsp3) is 0.474. The van der Waals surface area contributed by atoms with Crippen molar-refractivity contribution in [3.63, 3.8) is 0 Å². The number of rotatable bonds is 8. The van der Waals surface area contributed by atoms with E-state index in [1.54, 1.807) is 24.3 Å². The van der Waals surface area contributed by atoms with E-state index in [0.717, 1.165) is 5.56 Å². The van der Waals surface area contributed by atoms with Crippen LogP contribution in [-0.4, -0.2) is 37.0 Å². The van der Waals surface area contributed by atoms with Crippen LogP contribution in [0.3, 0.4) is 0 Å². The first-order valence-corrected chi connectivity index (χ1v) is 8.41. The first kappa shape index (κ1) is 21.2. The fourth-order valence-electron chi connectivity index (χ4n) is 2.56. The Bertz CT molecular complexity index is 694. The van der Waals surface area contributed by atoms with E-state index in [2.05, 4.69) is 10.6 Å². The van der Waals surface area contributed by atoms with Crippen LogP contribution < -0.4 is 10.6 Å². The molecular formula is C19H25N3O4. The molecule has 0 bridgehead atoms. The molecule has 0 saturated carbocycles. The lowest BCUT2D eigenvalue weighted by Gasteiger charge is -2.23. The molecule has 0 radical (unpaired) electrons. The summed E-state index contributed by atoms with van der Waals surface area (Å²) in [7, 11) is 1.24. The van der Waals surface area contributed by atoms with Gasteiger partial charge in [0.2, 0.25) is 11.8 Å². The van der Waals surface area contributed by atoms with Crippen LogP contribution in [0.2, 0.25) is 0 Å². The molecule has 140 valence electrons. The van der Waals surface area contributed by atoms with Gasteiger partial charge < -0.3 is 15.4 Å². The monoisotopic (exact) mass is 359 g/mol. The summed E-state index contributed by atoms with van der Waals surface area (Å²) in [5.74, 6) is -1.17. The maximum Gasteiger partial charge on any atom is 0.328 e. The minimum atomic E-state index is -0.912. The van der Waals surface area contributed by atoms with Gasteiger partial charge in [-0.2, -0.15) is 5.26 Å². The maximum atomic E-state index is 12.6. The quantitative estimate of drug-likeness (QED) is 0.680. The van der Waals surface area contributed by atoms with Gasteiger partial charge in [0.15, 0.2) is 0 Å². The molecule has 2 N–H and O–H groups in total. The molecule has 0 unspecified atom stereocenters. The molecule has 1 rings (SSSR count). The lowest BCUT2D eigenvalue weighted by molar-refractivity contribution is -0.145. The number of ether oxygens (including phenoxy) is 1. The summed E-state index contributed by atoms with van der Waals surface area (Å²) in [5, 5.41) is 14.2. The van der Waals surface area contributed by atoms with Crippen molar-refractivity contribution < 1.29 is 19.1 Å². The van der Waals surface area contributed by atoms with E-state index in [9.17, 15) is 14.4 Å². The molecule has 1 aromatic rings. The zero-order valence-corrected chi connectivity index (χ0v) is 15.5. The lowest BCUT2D eigenvalue weighted by atomic mass is 10.0. The van der Waals surface area contributed by atoms with E-state index in [0.29, 0.717) is 12.0 Å². The number of carbonyl (C=O) groups is 3. The zero-order valence-electron chi connectivity index (χ0n) is 15.5. The van der Waals surface area contributed by atoms with Gasteiger partial charge in [-0.3, -0.25) is 9.59 Å². The van der Waals surface area contributed by atoms with Crippen LogP contribution in [0.4, 0.5) is 0 Å². The van der Waals surface area contributed by atoms with Crippen molar-refractivity contribution in [3.05, 3.63) is 35.4 Å². The molecule has 7 nitrogen and oxygen atoms in total. The molecule has 0 aliphatic carbocycles. The number of hydrogen-bond donors (Lipinski definition) is 2. The van der Waals surface area contributed by atoms with Gasteiger partial charge in [0.1, 0.15) is 12.1 Å². The van der Waals surface area contributed by atoms with Crippen molar-refractivity contribution in [2.24, 2.45) is 5.92 Å². The smallest absolute Gasteiger partial charge is 0.328 e. The normalized spacial score (nSPS) is 12.6. The molecule has 2 atom stereocenters. The predicted molar refractivity (Wildman–Crippen MR) is 95.9 cm³/mol. The Morgan fingerprint density at radius 3 is 2.42 bits per heavy atom. The largest absolute Gasteiger partial charge is 0.467 e. The van der Waals surface area contributed by atoms with Crippen LogP contribution >= 0.6 is 0 Å². The molecule has 1 aromatic carbocycles. The second kappa shape index (κ2) is 10.2. The van der Waals surface area contributed by atoms with Crippen LogP contribution in [0.15, 0.2) is 24.3 Å². The van der Waals surface area contributed by atoms with Crippen LogP contribution in [0.25, 0.3) is 0 Å². The summed E-state index contributed by atoms with van der Waals surface area (Å²) in [6.45, 7) is 5.21. The van der Waals surface area contributed by atoms with Crippen LogP contribution in [-0.2, 0) is 25.5 Å². The van der Waals surface area contributed by atoms with E-state index in [1.165, 1.54) is 14.0 Å². The molecule has 0 spiro atoms. The summed E-state index contributed by atoms with van der Waals surface area (Å²) >= 11 is 0. The standard InChI is InChI=1S/C19H25N3O4/c1-12(2)8-16(21-13(3)23)18(24)22-17(19(25)26-4)10-14-6-5-7-15(9-14)11-20/h5-7,9,12,16-17H,8,10H2,1-4H3,(H,21,23)(H,22,24)/t16-,17-/m0/s1. The van der Waals surface area contributed by atoms with Crippen molar-refractivity contribution in [1.29, 1.82) is 5.26 Å². The van der Waals surface area contributed by atoms with Crippen molar-refractivity contribution in [2.45, 2.75) is 45.7 Å². The molecule has 0 aliphatic heterocycles. The Morgan fingerprint density at radius 1 is 1.19 bits per heavy atom. The van der Waals surface area contributed by atoms with Gasteiger partial charge in [0.05, 0.1) is 18.7 Å². The number of nitrogens with zero attached hydrogens (tertiary/aromatic N) is 1. The van der Waals surface area contributed by atoms with Crippen molar-refractivity contribution >= 4 is 17.8 Å². The third-order valence-corrected chi connectivity index (χ3v) is 3.70. The lowest BCUT2D eigenvalue weighted by Crippen LogP contribution is -2.52. The number of methoxy groups -OCH3 is 1. The summed E-state index contributed by atoms with van der Waals surface area (Å²) in [6, 6.07) is 7.18. The van der Waals surface area contributed by atoms with Gasteiger partial charge in [0, 0.05) is 13.3 Å². The summed E-state index contributed by atoms with van der Waals surface area (Å²) in [5.41, 5.74) is 1.19. The van der Waals surface area contributed by atoms with Crippen LogP contribution in [0.5, 0.6) is 0 Å². The number of nitriles is 1. The summed E-state index contributed by atoms with van der Waals surface area (Å²) < 4.78 is 4.78. The number of esters is 1. The van der Waals surface area contributed by atoms with Gasteiger partial charge in [0.25, 0.3) is 0 Å². The first-order chi connectivity index (χ1) is 12.3. The van der Waals surface area contributed by atoms with Crippen molar-refractivity contribution in [1.82, 2.24) is 10.6 Å². The first-order valence-electron chi connectivity index (χ1n) is 8.41. The van der Waals surface area contributed by atoms with E-state index >= 15 is 0 Å². The molecular weight excluding hydrogens is 334 g/mol. The second-order valence-corrected chi connectivity index (χ2v) is 6.48. The highest BCUT2D eigenvalue weighted by atomic mass is 16.5. The fourth-order valence-corrected chi connectivity index (χ4v) is 2.56. The number of hydrogen-bond acceptors (Lipinski definition) is 5. The van der Waals surface area contributed by atoms with E-state index < -0.39 is 24.0 Å². The number of benzene rings is 1. The average Bonchev–Trinajstić information content (AvgIpc) is 2.59. The Kier molecular flexibility index (Phi) is 8.29. The maximum absolute atomic E-state index is 12.6. The SMILES string of the molecule is COC(=O)[C@H](Cc1cccc(C#N)c1)NC(=O)[C@H](CC(C)C)NC(C)=O. The third-order valence-electron chi connectivity index (χ3n) is 3.70. The minimum absolute atomic E-state index is 0.182. The van der Waals surface area contributed by atoms with Gasteiger partial charge in [-0.25, -0.2) is 4.79 Å². The Labute approximate surface area is 153 Å².